The molecule has 0 bridgehead atoms. The molecule has 0 fully saturated rings. The van der Waals surface area contributed by atoms with Crippen LogP contribution in [0.1, 0.15) is 5.56 Å². The van der Waals surface area contributed by atoms with Crippen LogP contribution in [-0.4, -0.2) is 39.7 Å². The molecule has 2 heterocycles. The summed E-state index contributed by atoms with van der Waals surface area (Å²) in [5.74, 6) is 0. The number of hydrogen-bond donors (Lipinski definition) is 0. The van der Waals surface area contributed by atoms with Crippen LogP contribution in [-0.2, 0) is 13.1 Å². The van der Waals surface area contributed by atoms with Gasteiger partial charge in [0.15, 0.2) is 5.15 Å². The van der Waals surface area contributed by atoms with Gasteiger partial charge >= 0.3 is 6.18 Å². The average molecular weight is 343 g/mol. The van der Waals surface area contributed by atoms with E-state index in [1.54, 1.807) is 6.07 Å². The third-order valence-electron chi connectivity index (χ3n) is 3.49. The summed E-state index contributed by atoms with van der Waals surface area (Å²) in [6.45, 7) is -0.451. The van der Waals surface area contributed by atoms with E-state index in [1.807, 2.05) is 31.1 Å². The highest BCUT2D eigenvalue weighted by atomic mass is 35.5. The lowest BCUT2D eigenvalue weighted by Gasteiger charge is -2.12. The van der Waals surface area contributed by atoms with Crippen molar-refractivity contribution in [3.8, 4) is 0 Å². The van der Waals surface area contributed by atoms with Gasteiger partial charge < -0.3 is 9.47 Å². The molecule has 0 spiro atoms. The summed E-state index contributed by atoms with van der Waals surface area (Å²) >= 11 is 6.04. The van der Waals surface area contributed by atoms with E-state index in [0.29, 0.717) is 23.0 Å². The summed E-state index contributed by atoms with van der Waals surface area (Å²) in [5.41, 5.74) is 2.08. The molecule has 0 atom stereocenters. The van der Waals surface area contributed by atoms with Crippen molar-refractivity contribution >= 4 is 33.5 Å². The maximum absolute atomic E-state index is 12.9. The molecule has 0 aliphatic rings. The van der Waals surface area contributed by atoms with Crippen LogP contribution in [0, 0.1) is 0 Å². The van der Waals surface area contributed by atoms with Gasteiger partial charge in [-0.25, -0.2) is 9.97 Å². The van der Waals surface area contributed by atoms with Crippen LogP contribution in [0.2, 0.25) is 5.15 Å². The smallest absolute Gasteiger partial charge is 0.327 e. The standard InChI is InChI=1S/C15H14ClF3N4/c1-22(2)6-9-3-4-11-10(5-9)12-13(14(16)21-8-20-12)23(11)7-15(17,18)19/h3-5,8H,6-7H2,1-2H3. The van der Waals surface area contributed by atoms with E-state index >= 15 is 0 Å². The van der Waals surface area contributed by atoms with E-state index in [4.69, 9.17) is 11.6 Å². The van der Waals surface area contributed by atoms with Crippen molar-refractivity contribution in [3.05, 3.63) is 35.2 Å². The first-order chi connectivity index (χ1) is 10.8. The highest BCUT2D eigenvalue weighted by Crippen LogP contribution is 2.34. The molecule has 1 aromatic carbocycles. The second kappa shape index (κ2) is 5.65. The lowest BCUT2D eigenvalue weighted by atomic mass is 10.1. The Balaban J connectivity index is 2.30. The number of benzene rings is 1. The van der Waals surface area contributed by atoms with Crippen molar-refractivity contribution < 1.29 is 13.2 Å². The Morgan fingerprint density at radius 2 is 1.96 bits per heavy atom. The Labute approximate surface area is 135 Å². The number of halogens is 4. The number of hydrogen-bond acceptors (Lipinski definition) is 3. The van der Waals surface area contributed by atoms with Crippen LogP contribution in [0.3, 0.4) is 0 Å². The molecule has 0 saturated heterocycles. The number of fused-ring (bicyclic) bond motifs is 3. The maximum atomic E-state index is 12.9. The van der Waals surface area contributed by atoms with Gasteiger partial charge in [-0.2, -0.15) is 13.2 Å². The van der Waals surface area contributed by atoms with Crippen molar-refractivity contribution in [3.63, 3.8) is 0 Å². The molecule has 0 amide bonds. The van der Waals surface area contributed by atoms with E-state index in [-0.39, 0.29) is 10.7 Å². The predicted molar refractivity (Wildman–Crippen MR) is 83.5 cm³/mol. The van der Waals surface area contributed by atoms with Gasteiger partial charge in [0.2, 0.25) is 0 Å². The second-order valence-corrected chi connectivity index (χ2v) is 6.01. The van der Waals surface area contributed by atoms with Crippen molar-refractivity contribution in [1.82, 2.24) is 19.4 Å². The monoisotopic (exact) mass is 342 g/mol. The minimum atomic E-state index is -4.36. The van der Waals surface area contributed by atoms with Crippen molar-refractivity contribution in [2.75, 3.05) is 14.1 Å². The van der Waals surface area contributed by atoms with E-state index in [0.717, 1.165) is 10.1 Å². The third kappa shape index (κ3) is 3.11. The second-order valence-electron chi connectivity index (χ2n) is 5.65. The molecule has 23 heavy (non-hydrogen) atoms. The SMILES string of the molecule is CN(C)Cc1ccc2c(c1)c1ncnc(Cl)c1n2CC(F)(F)F. The van der Waals surface area contributed by atoms with E-state index < -0.39 is 12.7 Å². The molecule has 3 rings (SSSR count). The van der Waals surface area contributed by atoms with Crippen molar-refractivity contribution in [1.29, 1.82) is 0 Å². The summed E-state index contributed by atoms with van der Waals surface area (Å²) in [5, 5.41) is 0.664. The summed E-state index contributed by atoms with van der Waals surface area (Å²) in [7, 11) is 3.85. The van der Waals surface area contributed by atoms with E-state index in [9.17, 15) is 13.2 Å². The minimum Gasteiger partial charge on any atom is -0.327 e. The van der Waals surface area contributed by atoms with E-state index in [2.05, 4.69) is 9.97 Å². The fraction of sp³-hybridized carbons (Fsp3) is 0.333. The number of aromatic nitrogens is 3. The van der Waals surface area contributed by atoms with Gasteiger partial charge in [-0.15, -0.1) is 0 Å². The van der Waals surface area contributed by atoms with Gasteiger partial charge in [-0.05, 0) is 31.8 Å². The zero-order valence-corrected chi connectivity index (χ0v) is 13.3. The quantitative estimate of drug-likeness (QED) is 0.678. The molecular weight excluding hydrogens is 329 g/mol. The largest absolute Gasteiger partial charge is 0.406 e. The molecule has 122 valence electrons. The number of rotatable bonds is 3. The van der Waals surface area contributed by atoms with Gasteiger partial charge in [0, 0.05) is 11.9 Å². The topological polar surface area (TPSA) is 34.0 Å². The molecule has 8 heteroatoms. The minimum absolute atomic E-state index is 0.0182. The fourth-order valence-corrected chi connectivity index (χ4v) is 2.96. The Morgan fingerprint density at radius 1 is 1.22 bits per heavy atom. The summed E-state index contributed by atoms with van der Waals surface area (Å²) < 4.78 is 40.0. The van der Waals surface area contributed by atoms with Crippen molar-refractivity contribution in [2.24, 2.45) is 0 Å². The molecule has 3 aromatic rings. The molecule has 0 aliphatic carbocycles. The molecule has 0 N–H and O–H groups in total. The summed E-state index contributed by atoms with van der Waals surface area (Å²) in [4.78, 5) is 9.95. The lowest BCUT2D eigenvalue weighted by Crippen LogP contribution is -2.17. The molecule has 2 aromatic heterocycles. The normalized spacial score (nSPS) is 12.7. The average Bonchev–Trinajstić information content (AvgIpc) is 2.72. The number of nitrogens with zero attached hydrogens (tertiary/aromatic N) is 4. The van der Waals surface area contributed by atoms with Crippen LogP contribution in [0.4, 0.5) is 13.2 Å². The first-order valence-corrected chi connectivity index (χ1v) is 7.27. The number of alkyl halides is 3. The predicted octanol–water partition coefficient (Wildman–Crippen LogP) is 3.86. The Kier molecular flexibility index (Phi) is 3.93. The van der Waals surface area contributed by atoms with Crippen LogP contribution in [0.5, 0.6) is 0 Å². The Bertz CT molecular complexity index is 870. The Hall–Kier alpha value is -1.86. The lowest BCUT2D eigenvalue weighted by molar-refractivity contribution is -0.139. The molecule has 0 aliphatic heterocycles. The summed E-state index contributed by atoms with van der Waals surface area (Å²) in [6, 6.07) is 5.35. The van der Waals surface area contributed by atoms with Gasteiger partial charge in [0.1, 0.15) is 23.9 Å². The molecule has 0 unspecified atom stereocenters. The van der Waals surface area contributed by atoms with E-state index in [1.165, 1.54) is 6.33 Å². The summed E-state index contributed by atoms with van der Waals surface area (Å²) in [6.07, 6.45) is -3.10. The van der Waals surface area contributed by atoms with Gasteiger partial charge in [0.05, 0.1) is 5.52 Å². The molecule has 0 radical (unpaired) electrons. The molecule has 4 nitrogen and oxygen atoms in total. The highest BCUT2D eigenvalue weighted by molar-refractivity contribution is 6.34. The fourth-order valence-electron chi connectivity index (χ4n) is 2.73. The van der Waals surface area contributed by atoms with Gasteiger partial charge in [-0.3, -0.25) is 0 Å². The highest BCUT2D eigenvalue weighted by Gasteiger charge is 2.30. The van der Waals surface area contributed by atoms with Crippen LogP contribution >= 0.6 is 11.6 Å². The molecule has 0 saturated carbocycles. The van der Waals surface area contributed by atoms with Crippen LogP contribution in [0.15, 0.2) is 24.5 Å². The first-order valence-electron chi connectivity index (χ1n) is 6.89. The van der Waals surface area contributed by atoms with Crippen LogP contribution < -0.4 is 0 Å². The third-order valence-corrected chi connectivity index (χ3v) is 3.77. The van der Waals surface area contributed by atoms with Crippen molar-refractivity contribution in [2.45, 2.75) is 19.3 Å². The van der Waals surface area contributed by atoms with Crippen LogP contribution in [0.25, 0.3) is 21.9 Å². The van der Waals surface area contributed by atoms with Gasteiger partial charge in [-0.1, -0.05) is 17.7 Å². The van der Waals surface area contributed by atoms with Gasteiger partial charge in [0.25, 0.3) is 0 Å². The first kappa shape index (κ1) is 16.0. The Morgan fingerprint density at radius 3 is 2.61 bits per heavy atom. The zero-order chi connectivity index (χ0) is 16.8. The maximum Gasteiger partial charge on any atom is 0.406 e. The zero-order valence-electron chi connectivity index (χ0n) is 12.5. The molecular formula is C15H14ClF3N4.